The summed E-state index contributed by atoms with van der Waals surface area (Å²) in [4.78, 5) is 17.3. The zero-order chi connectivity index (χ0) is 14.9. The number of hydroxylamine groups is 1. The fourth-order valence-corrected chi connectivity index (χ4v) is 2.15. The third-order valence-electron chi connectivity index (χ3n) is 3.11. The van der Waals surface area contributed by atoms with Crippen molar-refractivity contribution in [3.63, 3.8) is 0 Å². The molecule has 0 saturated heterocycles. The second-order valence-corrected chi connectivity index (χ2v) is 5.00. The number of hydrogen-bond donors (Lipinski definition) is 1. The smallest absolute Gasteiger partial charge is 0.167 e. The molecule has 0 aliphatic rings. The molecule has 0 bridgehead atoms. The summed E-state index contributed by atoms with van der Waals surface area (Å²) in [6.45, 7) is 0.404. The normalized spacial score (nSPS) is 12.0. The van der Waals surface area contributed by atoms with Crippen LogP contribution in [-0.2, 0) is 22.7 Å². The van der Waals surface area contributed by atoms with Crippen molar-refractivity contribution in [2.24, 2.45) is 0 Å². The molecule has 2 aromatic carbocycles. The maximum absolute atomic E-state index is 11.9. The first-order valence-electron chi connectivity index (χ1n) is 6.83. The predicted octanol–water partition coefficient (Wildman–Crippen LogP) is 3.13. The average molecular weight is 304 g/mol. The Bertz CT molecular complexity index is 545. The monoisotopic (exact) mass is 303 g/mol. The van der Waals surface area contributed by atoms with Gasteiger partial charge >= 0.3 is 0 Å². The summed E-state index contributed by atoms with van der Waals surface area (Å²) in [6.07, 6.45) is 0.557. The van der Waals surface area contributed by atoms with E-state index < -0.39 is 6.04 Å². The van der Waals surface area contributed by atoms with Gasteiger partial charge in [-0.2, -0.15) is 5.48 Å². The number of carbonyl (C=O) groups is 1. The van der Waals surface area contributed by atoms with E-state index in [0.717, 1.165) is 11.1 Å². The number of halogens is 1. The summed E-state index contributed by atoms with van der Waals surface area (Å²) in [7, 11) is 0. The number of rotatable bonds is 8. The molecule has 0 spiro atoms. The van der Waals surface area contributed by atoms with E-state index >= 15 is 0 Å². The number of carbonyl (C=O) groups excluding carboxylic acids is 1. The third kappa shape index (κ3) is 5.31. The van der Waals surface area contributed by atoms with Gasteiger partial charge in [0.05, 0.1) is 18.5 Å². The molecule has 3 nitrogen and oxygen atoms in total. The van der Waals surface area contributed by atoms with Gasteiger partial charge in [-0.15, -0.1) is 11.6 Å². The lowest BCUT2D eigenvalue weighted by Crippen LogP contribution is -2.39. The minimum absolute atomic E-state index is 0.0286. The molecule has 2 aromatic rings. The summed E-state index contributed by atoms with van der Waals surface area (Å²) in [6, 6.07) is 19.1. The summed E-state index contributed by atoms with van der Waals surface area (Å²) in [5.74, 6) is -0.104. The Balaban J connectivity index is 1.89. The van der Waals surface area contributed by atoms with E-state index in [0.29, 0.717) is 13.0 Å². The molecule has 0 aliphatic heterocycles. The van der Waals surface area contributed by atoms with Crippen LogP contribution in [0.4, 0.5) is 0 Å². The van der Waals surface area contributed by atoms with E-state index in [4.69, 9.17) is 16.4 Å². The van der Waals surface area contributed by atoms with Crippen LogP contribution in [0.3, 0.4) is 0 Å². The van der Waals surface area contributed by atoms with Crippen molar-refractivity contribution in [2.45, 2.75) is 19.1 Å². The molecule has 0 radical (unpaired) electrons. The SMILES string of the molecule is O=C(CCl)[C@H](Cc1ccccc1)NOCc1ccccc1. The molecule has 0 unspecified atom stereocenters. The number of benzene rings is 2. The topological polar surface area (TPSA) is 38.3 Å². The lowest BCUT2D eigenvalue weighted by Gasteiger charge is -2.16. The summed E-state index contributed by atoms with van der Waals surface area (Å²) < 4.78 is 0. The molecule has 4 heteroatoms. The lowest BCUT2D eigenvalue weighted by molar-refractivity contribution is -0.123. The van der Waals surface area contributed by atoms with Crippen molar-refractivity contribution >= 4 is 17.4 Å². The Morgan fingerprint density at radius 2 is 1.57 bits per heavy atom. The van der Waals surface area contributed by atoms with Crippen LogP contribution in [0, 0.1) is 0 Å². The third-order valence-corrected chi connectivity index (χ3v) is 3.37. The van der Waals surface area contributed by atoms with Gasteiger partial charge in [0.1, 0.15) is 0 Å². The zero-order valence-corrected chi connectivity index (χ0v) is 12.4. The first kappa shape index (κ1) is 15.7. The molecule has 21 heavy (non-hydrogen) atoms. The van der Waals surface area contributed by atoms with E-state index in [1.807, 2.05) is 60.7 Å². The first-order chi connectivity index (χ1) is 10.3. The van der Waals surface area contributed by atoms with Crippen LogP contribution in [0.1, 0.15) is 11.1 Å². The number of hydrogen-bond acceptors (Lipinski definition) is 3. The zero-order valence-electron chi connectivity index (χ0n) is 11.7. The van der Waals surface area contributed by atoms with Gasteiger partial charge in [0, 0.05) is 0 Å². The van der Waals surface area contributed by atoms with Gasteiger partial charge in [0.15, 0.2) is 5.78 Å². The van der Waals surface area contributed by atoms with Crippen LogP contribution in [0.2, 0.25) is 0 Å². The maximum Gasteiger partial charge on any atom is 0.167 e. The molecule has 0 aliphatic carbocycles. The van der Waals surface area contributed by atoms with Crippen LogP contribution < -0.4 is 5.48 Å². The Hall–Kier alpha value is -1.68. The van der Waals surface area contributed by atoms with Crippen molar-refractivity contribution in [3.05, 3.63) is 71.8 Å². The average Bonchev–Trinajstić information content (AvgIpc) is 2.55. The summed E-state index contributed by atoms with van der Waals surface area (Å²) in [5, 5.41) is 0. The minimum atomic E-state index is -0.436. The molecule has 0 fully saturated rings. The van der Waals surface area contributed by atoms with E-state index in [9.17, 15) is 4.79 Å². The predicted molar refractivity (Wildman–Crippen MR) is 84.0 cm³/mol. The highest BCUT2D eigenvalue weighted by Crippen LogP contribution is 2.06. The van der Waals surface area contributed by atoms with Gasteiger partial charge in [-0.3, -0.25) is 9.63 Å². The highest BCUT2D eigenvalue weighted by molar-refractivity contribution is 6.28. The molecule has 2 rings (SSSR count). The molecule has 0 saturated carbocycles. The molecule has 1 atom stereocenters. The Kier molecular flexibility index (Phi) is 6.41. The first-order valence-corrected chi connectivity index (χ1v) is 7.37. The molecule has 0 amide bonds. The van der Waals surface area contributed by atoms with Crippen LogP contribution in [0.5, 0.6) is 0 Å². The highest BCUT2D eigenvalue weighted by atomic mass is 35.5. The molecule has 1 N–H and O–H groups in total. The largest absolute Gasteiger partial charge is 0.296 e. The lowest BCUT2D eigenvalue weighted by atomic mass is 10.0. The summed E-state index contributed by atoms with van der Waals surface area (Å²) >= 11 is 5.66. The van der Waals surface area contributed by atoms with Gasteiger partial charge < -0.3 is 0 Å². The van der Waals surface area contributed by atoms with Gasteiger partial charge in [0.25, 0.3) is 0 Å². The molecule has 0 heterocycles. The maximum atomic E-state index is 11.9. The highest BCUT2D eigenvalue weighted by Gasteiger charge is 2.17. The van der Waals surface area contributed by atoms with Crippen molar-refractivity contribution in [3.8, 4) is 0 Å². The van der Waals surface area contributed by atoms with Gasteiger partial charge in [0.2, 0.25) is 0 Å². The van der Waals surface area contributed by atoms with E-state index in [-0.39, 0.29) is 11.7 Å². The second-order valence-electron chi connectivity index (χ2n) is 4.73. The van der Waals surface area contributed by atoms with Gasteiger partial charge in [-0.25, -0.2) is 0 Å². The fraction of sp³-hybridized carbons (Fsp3) is 0.235. The summed E-state index contributed by atoms with van der Waals surface area (Å²) in [5.41, 5.74) is 4.94. The number of ketones is 1. The van der Waals surface area contributed by atoms with Gasteiger partial charge in [-0.05, 0) is 17.5 Å². The molecular formula is C17H18ClNO2. The second kappa shape index (κ2) is 8.57. The van der Waals surface area contributed by atoms with Crippen LogP contribution >= 0.6 is 11.6 Å². The van der Waals surface area contributed by atoms with Crippen molar-refractivity contribution < 1.29 is 9.63 Å². The van der Waals surface area contributed by atoms with Crippen LogP contribution in [0.25, 0.3) is 0 Å². The number of Topliss-reactive ketones (excluding diaryl/α,β-unsaturated/α-hetero) is 1. The molecule has 110 valence electrons. The van der Waals surface area contributed by atoms with Crippen molar-refractivity contribution in [1.29, 1.82) is 0 Å². The van der Waals surface area contributed by atoms with Crippen LogP contribution in [-0.4, -0.2) is 17.7 Å². The molecule has 0 aromatic heterocycles. The van der Waals surface area contributed by atoms with Gasteiger partial charge in [-0.1, -0.05) is 60.7 Å². The Morgan fingerprint density at radius 3 is 2.14 bits per heavy atom. The van der Waals surface area contributed by atoms with E-state index in [2.05, 4.69) is 5.48 Å². The van der Waals surface area contributed by atoms with E-state index in [1.54, 1.807) is 0 Å². The number of nitrogens with one attached hydrogen (secondary N) is 1. The van der Waals surface area contributed by atoms with E-state index in [1.165, 1.54) is 0 Å². The molecular weight excluding hydrogens is 286 g/mol. The quantitative estimate of drug-likeness (QED) is 0.601. The Morgan fingerprint density at radius 1 is 1.00 bits per heavy atom. The minimum Gasteiger partial charge on any atom is -0.296 e. The van der Waals surface area contributed by atoms with Crippen molar-refractivity contribution in [2.75, 3.05) is 5.88 Å². The Labute approximate surface area is 129 Å². The number of alkyl halides is 1. The van der Waals surface area contributed by atoms with Crippen LogP contribution in [0.15, 0.2) is 60.7 Å². The van der Waals surface area contributed by atoms with Crippen molar-refractivity contribution in [1.82, 2.24) is 5.48 Å². The standard InChI is InChI=1S/C17H18ClNO2/c18-12-17(20)16(11-14-7-3-1-4-8-14)19-21-13-15-9-5-2-6-10-15/h1-10,16,19H,11-13H2/t16-/m0/s1. The fourth-order valence-electron chi connectivity index (χ4n) is 1.96.